The molecule has 21 heavy (non-hydrogen) atoms. The van der Waals surface area contributed by atoms with Crippen LogP contribution in [0.4, 0.5) is 0 Å². The number of methoxy groups -OCH3 is 2. The molecule has 2 rings (SSSR count). The number of nitrogens with two attached hydrogens (primary N) is 1. The van der Waals surface area contributed by atoms with Crippen molar-refractivity contribution >= 4 is 0 Å². The van der Waals surface area contributed by atoms with Crippen molar-refractivity contribution < 1.29 is 14.2 Å². The maximum absolute atomic E-state index is 6.38. The van der Waals surface area contributed by atoms with Gasteiger partial charge >= 0.3 is 0 Å². The van der Waals surface area contributed by atoms with Gasteiger partial charge in [-0.25, -0.2) is 0 Å². The van der Waals surface area contributed by atoms with E-state index in [0.717, 1.165) is 11.1 Å². The Kier molecular flexibility index (Phi) is 5.00. The average molecular weight is 288 g/mol. The zero-order valence-electron chi connectivity index (χ0n) is 12.5. The summed E-state index contributed by atoms with van der Waals surface area (Å²) < 4.78 is 16.3. The number of nitrogens with zero attached hydrogens (tertiary/aromatic N) is 1. The van der Waals surface area contributed by atoms with Crippen molar-refractivity contribution in [3.8, 4) is 17.2 Å². The summed E-state index contributed by atoms with van der Waals surface area (Å²) >= 11 is 0. The van der Waals surface area contributed by atoms with Crippen LogP contribution >= 0.6 is 0 Å². The highest BCUT2D eigenvalue weighted by molar-refractivity contribution is 5.50. The van der Waals surface area contributed by atoms with E-state index in [1.165, 1.54) is 0 Å². The number of pyridine rings is 1. The minimum atomic E-state index is -0.413. The molecule has 0 radical (unpaired) electrons. The number of hydrogen-bond acceptors (Lipinski definition) is 5. The van der Waals surface area contributed by atoms with Crippen molar-refractivity contribution in [2.75, 3.05) is 20.8 Å². The monoisotopic (exact) mass is 288 g/mol. The van der Waals surface area contributed by atoms with Gasteiger partial charge in [0.2, 0.25) is 0 Å². The molecule has 0 fully saturated rings. The Hall–Kier alpha value is -2.27. The summed E-state index contributed by atoms with van der Waals surface area (Å²) in [5.41, 5.74) is 8.01. The van der Waals surface area contributed by atoms with E-state index in [-0.39, 0.29) is 0 Å². The number of rotatable bonds is 6. The lowest BCUT2D eigenvalue weighted by atomic mass is 9.99. The van der Waals surface area contributed by atoms with Gasteiger partial charge < -0.3 is 19.9 Å². The second kappa shape index (κ2) is 6.95. The summed E-state index contributed by atoms with van der Waals surface area (Å²) in [7, 11) is 3.22. The topological polar surface area (TPSA) is 66.6 Å². The first-order valence-electron chi connectivity index (χ1n) is 6.75. The Morgan fingerprint density at radius 1 is 1.14 bits per heavy atom. The van der Waals surface area contributed by atoms with Crippen molar-refractivity contribution in [1.29, 1.82) is 0 Å². The third-order valence-corrected chi connectivity index (χ3v) is 3.18. The Morgan fingerprint density at radius 2 is 1.81 bits per heavy atom. The lowest BCUT2D eigenvalue weighted by Gasteiger charge is -2.19. The van der Waals surface area contributed by atoms with Gasteiger partial charge in [0.25, 0.3) is 0 Å². The van der Waals surface area contributed by atoms with Crippen LogP contribution < -0.4 is 19.9 Å². The van der Waals surface area contributed by atoms with Gasteiger partial charge in [0.15, 0.2) is 0 Å². The normalized spacial score (nSPS) is 11.8. The molecule has 1 aromatic heterocycles. The third kappa shape index (κ3) is 3.25. The quantitative estimate of drug-likeness (QED) is 0.884. The number of hydrogen-bond donors (Lipinski definition) is 1. The molecule has 5 nitrogen and oxygen atoms in total. The van der Waals surface area contributed by atoms with Crippen molar-refractivity contribution in [1.82, 2.24) is 4.98 Å². The fourth-order valence-electron chi connectivity index (χ4n) is 2.20. The second-order valence-electron chi connectivity index (χ2n) is 4.44. The zero-order chi connectivity index (χ0) is 15.2. The van der Waals surface area contributed by atoms with E-state index in [2.05, 4.69) is 4.98 Å². The molecule has 0 aliphatic heterocycles. The van der Waals surface area contributed by atoms with Crippen LogP contribution in [0.1, 0.15) is 24.1 Å². The Morgan fingerprint density at radius 3 is 2.38 bits per heavy atom. The molecule has 0 spiro atoms. The molecular formula is C16H20N2O3. The van der Waals surface area contributed by atoms with Crippen LogP contribution in [0.15, 0.2) is 36.7 Å². The van der Waals surface area contributed by atoms with Crippen molar-refractivity contribution in [3.05, 3.63) is 47.8 Å². The van der Waals surface area contributed by atoms with Crippen LogP contribution in [0, 0.1) is 0 Å². The van der Waals surface area contributed by atoms with E-state index >= 15 is 0 Å². The van der Waals surface area contributed by atoms with Crippen LogP contribution in [0.25, 0.3) is 0 Å². The zero-order valence-corrected chi connectivity index (χ0v) is 12.5. The van der Waals surface area contributed by atoms with Gasteiger partial charge in [-0.2, -0.15) is 0 Å². The first-order chi connectivity index (χ1) is 10.2. The maximum atomic E-state index is 6.38. The van der Waals surface area contributed by atoms with Gasteiger partial charge in [-0.15, -0.1) is 0 Å². The van der Waals surface area contributed by atoms with E-state index in [9.17, 15) is 0 Å². The second-order valence-corrected chi connectivity index (χ2v) is 4.44. The molecular weight excluding hydrogens is 268 g/mol. The molecule has 112 valence electrons. The van der Waals surface area contributed by atoms with Gasteiger partial charge in [0.05, 0.1) is 38.6 Å². The highest BCUT2D eigenvalue weighted by Gasteiger charge is 2.19. The molecule has 1 aromatic carbocycles. The van der Waals surface area contributed by atoms with Crippen molar-refractivity contribution in [2.45, 2.75) is 13.0 Å². The average Bonchev–Trinajstić information content (AvgIpc) is 2.54. The van der Waals surface area contributed by atoms with E-state index in [4.69, 9.17) is 19.9 Å². The van der Waals surface area contributed by atoms with E-state index in [1.807, 2.05) is 31.2 Å². The molecule has 0 aliphatic carbocycles. The fourth-order valence-corrected chi connectivity index (χ4v) is 2.20. The number of benzene rings is 1. The highest BCUT2D eigenvalue weighted by atomic mass is 16.5. The smallest absolute Gasteiger partial charge is 0.137 e. The fraction of sp³-hybridized carbons (Fsp3) is 0.312. The SMILES string of the molecule is CCOc1cncc(C(N)c2c(OC)cccc2OC)c1. The molecule has 2 N–H and O–H groups in total. The standard InChI is InChI=1S/C16H20N2O3/c1-4-21-12-8-11(9-18-10-12)16(17)15-13(19-2)6-5-7-14(15)20-3/h5-10,16H,4,17H2,1-3H3. The summed E-state index contributed by atoms with van der Waals surface area (Å²) in [5, 5.41) is 0. The van der Waals surface area contributed by atoms with Crippen LogP contribution in [0.3, 0.4) is 0 Å². The molecule has 2 aromatic rings. The molecule has 1 unspecified atom stereocenters. The predicted molar refractivity (Wildman–Crippen MR) is 81.0 cm³/mol. The minimum absolute atomic E-state index is 0.413. The van der Waals surface area contributed by atoms with E-state index < -0.39 is 6.04 Å². The van der Waals surface area contributed by atoms with Gasteiger partial charge in [-0.1, -0.05) is 6.07 Å². The van der Waals surface area contributed by atoms with Crippen LogP contribution in [0.5, 0.6) is 17.2 Å². The van der Waals surface area contributed by atoms with E-state index in [1.54, 1.807) is 26.6 Å². The number of ether oxygens (including phenoxy) is 3. The van der Waals surface area contributed by atoms with Crippen molar-refractivity contribution in [3.63, 3.8) is 0 Å². The lowest BCUT2D eigenvalue weighted by Crippen LogP contribution is -2.15. The van der Waals surface area contributed by atoms with Crippen LogP contribution in [0.2, 0.25) is 0 Å². The Balaban J connectivity index is 2.44. The van der Waals surface area contributed by atoms with Crippen molar-refractivity contribution in [2.24, 2.45) is 5.73 Å². The van der Waals surface area contributed by atoms with Gasteiger partial charge in [-0.3, -0.25) is 4.98 Å². The Bertz CT molecular complexity index is 580. The first-order valence-corrected chi connectivity index (χ1v) is 6.75. The molecule has 0 saturated heterocycles. The molecule has 1 heterocycles. The van der Waals surface area contributed by atoms with Crippen LogP contribution in [-0.4, -0.2) is 25.8 Å². The predicted octanol–water partition coefficient (Wildman–Crippen LogP) is 2.55. The summed E-state index contributed by atoms with van der Waals surface area (Å²) in [6, 6.07) is 7.05. The highest BCUT2D eigenvalue weighted by Crippen LogP contribution is 2.36. The lowest BCUT2D eigenvalue weighted by molar-refractivity contribution is 0.338. The van der Waals surface area contributed by atoms with Crippen LogP contribution in [-0.2, 0) is 0 Å². The molecule has 0 saturated carbocycles. The first kappa shape index (κ1) is 15.1. The largest absolute Gasteiger partial charge is 0.496 e. The third-order valence-electron chi connectivity index (χ3n) is 3.18. The number of aromatic nitrogens is 1. The van der Waals surface area contributed by atoms with E-state index in [0.29, 0.717) is 23.9 Å². The summed E-state index contributed by atoms with van der Waals surface area (Å²) in [5.74, 6) is 2.06. The molecule has 0 aliphatic rings. The summed E-state index contributed by atoms with van der Waals surface area (Å²) in [4.78, 5) is 4.17. The summed E-state index contributed by atoms with van der Waals surface area (Å²) in [6.07, 6.45) is 3.39. The molecule has 1 atom stereocenters. The van der Waals surface area contributed by atoms with Gasteiger partial charge in [0, 0.05) is 6.20 Å². The Labute approximate surface area is 124 Å². The van der Waals surface area contributed by atoms with Gasteiger partial charge in [-0.05, 0) is 30.7 Å². The molecule has 0 bridgehead atoms. The molecule has 5 heteroatoms. The minimum Gasteiger partial charge on any atom is -0.496 e. The summed E-state index contributed by atoms with van der Waals surface area (Å²) in [6.45, 7) is 2.51. The molecule has 0 amide bonds. The van der Waals surface area contributed by atoms with Gasteiger partial charge in [0.1, 0.15) is 17.2 Å². The maximum Gasteiger partial charge on any atom is 0.137 e.